The molecule has 0 saturated carbocycles. The zero-order chi connectivity index (χ0) is 22.8. The first-order valence-corrected chi connectivity index (χ1v) is 11.1. The monoisotopic (exact) mass is 458 g/mol. The molecule has 0 aliphatic carbocycles. The number of nitrogens with zero attached hydrogens (tertiary/aromatic N) is 4. The van der Waals surface area contributed by atoms with Gasteiger partial charge in [-0.25, -0.2) is 26.3 Å². The van der Waals surface area contributed by atoms with E-state index in [1.165, 1.54) is 21.7 Å². The molecule has 1 saturated heterocycles. The van der Waals surface area contributed by atoms with Crippen LogP contribution in [0.4, 0.5) is 13.2 Å². The molecule has 0 spiro atoms. The maximum Gasteiger partial charge on any atom is 0.274 e. The lowest BCUT2D eigenvalue weighted by Crippen LogP contribution is -2.51. The third-order valence-electron chi connectivity index (χ3n) is 4.95. The second-order valence-corrected chi connectivity index (χ2v) is 8.91. The smallest absolute Gasteiger partial charge is 0.274 e. The molecule has 8 nitrogen and oxygen atoms in total. The molecule has 2 aromatic rings. The first-order valence-electron chi connectivity index (χ1n) is 9.68. The summed E-state index contributed by atoms with van der Waals surface area (Å²) in [7, 11) is -4.42. The molecule has 1 aliphatic heterocycles. The fourth-order valence-electron chi connectivity index (χ4n) is 3.17. The van der Waals surface area contributed by atoms with Crippen LogP contribution in [0.3, 0.4) is 0 Å². The summed E-state index contributed by atoms with van der Waals surface area (Å²) in [5, 5.41) is 4.08. The third kappa shape index (κ3) is 4.64. The molecule has 1 aliphatic rings. The van der Waals surface area contributed by atoms with Crippen LogP contribution in [0, 0.1) is 17.5 Å². The second kappa shape index (κ2) is 9.18. The number of aryl methyl sites for hydroxylation is 1. The average Bonchev–Trinajstić information content (AvgIpc) is 2.76. The van der Waals surface area contributed by atoms with Crippen LogP contribution in [0.2, 0.25) is 0 Å². The van der Waals surface area contributed by atoms with Gasteiger partial charge < -0.3 is 4.90 Å². The maximum absolute atomic E-state index is 14.0. The summed E-state index contributed by atoms with van der Waals surface area (Å²) >= 11 is 0. The summed E-state index contributed by atoms with van der Waals surface area (Å²) < 4.78 is 68.0. The van der Waals surface area contributed by atoms with E-state index in [2.05, 4.69) is 5.10 Å². The van der Waals surface area contributed by atoms with Gasteiger partial charge in [-0.05, 0) is 24.6 Å². The molecule has 0 N–H and O–H groups in total. The van der Waals surface area contributed by atoms with Gasteiger partial charge >= 0.3 is 0 Å². The van der Waals surface area contributed by atoms with E-state index < -0.39 is 38.3 Å². The number of carbonyl (C=O) groups is 1. The largest absolute Gasteiger partial charge is 0.335 e. The van der Waals surface area contributed by atoms with Crippen LogP contribution in [-0.2, 0) is 16.6 Å². The fraction of sp³-hybridized carbons (Fsp3) is 0.421. The molecule has 0 bridgehead atoms. The lowest BCUT2D eigenvalue weighted by Gasteiger charge is -2.33. The lowest BCUT2D eigenvalue weighted by molar-refractivity contribution is 0.0688. The van der Waals surface area contributed by atoms with Crippen LogP contribution in [0.25, 0.3) is 0 Å². The molecule has 1 aromatic carbocycles. The summed E-state index contributed by atoms with van der Waals surface area (Å²) in [6.45, 7) is 1.98. The highest BCUT2D eigenvalue weighted by Gasteiger charge is 2.34. The summed E-state index contributed by atoms with van der Waals surface area (Å²) in [6, 6.07) is 3.78. The molecule has 0 atom stereocenters. The molecule has 31 heavy (non-hydrogen) atoms. The number of halogens is 3. The Morgan fingerprint density at radius 3 is 2.35 bits per heavy atom. The molecular weight excluding hydrogens is 437 g/mol. The van der Waals surface area contributed by atoms with Crippen LogP contribution in [0.5, 0.6) is 0 Å². The van der Waals surface area contributed by atoms with Gasteiger partial charge in [0.05, 0.1) is 0 Å². The zero-order valence-corrected chi connectivity index (χ0v) is 17.5. The van der Waals surface area contributed by atoms with Gasteiger partial charge in [-0.1, -0.05) is 13.3 Å². The zero-order valence-electron chi connectivity index (χ0n) is 16.7. The van der Waals surface area contributed by atoms with E-state index in [9.17, 15) is 31.2 Å². The Labute approximate surface area is 176 Å². The summed E-state index contributed by atoms with van der Waals surface area (Å²) in [4.78, 5) is 25.0. The Balaban J connectivity index is 1.73. The first-order chi connectivity index (χ1) is 14.7. The predicted octanol–water partition coefficient (Wildman–Crippen LogP) is 1.61. The fourth-order valence-corrected chi connectivity index (χ4v) is 4.65. The Morgan fingerprint density at radius 1 is 1.03 bits per heavy atom. The molecule has 3 rings (SSSR count). The number of sulfonamides is 1. The topological polar surface area (TPSA) is 92.6 Å². The van der Waals surface area contributed by atoms with Crippen LogP contribution >= 0.6 is 0 Å². The van der Waals surface area contributed by atoms with Crippen molar-refractivity contribution in [3.8, 4) is 0 Å². The molecule has 0 unspecified atom stereocenters. The van der Waals surface area contributed by atoms with E-state index in [0.717, 1.165) is 17.1 Å². The number of hydrogen-bond acceptors (Lipinski definition) is 5. The summed E-state index contributed by atoms with van der Waals surface area (Å²) in [6.07, 6.45) is 1.57. The van der Waals surface area contributed by atoms with Crippen LogP contribution in [0.15, 0.2) is 34.0 Å². The Bertz CT molecular complexity index is 1150. The van der Waals surface area contributed by atoms with Gasteiger partial charge in [-0.3, -0.25) is 9.59 Å². The van der Waals surface area contributed by atoms with Gasteiger partial charge in [0.15, 0.2) is 17.5 Å². The molecule has 1 amide bonds. The minimum Gasteiger partial charge on any atom is -0.335 e. The Hall–Kier alpha value is -2.73. The number of unbranched alkanes of at least 4 members (excludes halogenated alkanes) is 1. The minimum absolute atomic E-state index is 0.0148. The van der Waals surface area contributed by atoms with Crippen LogP contribution in [0.1, 0.15) is 30.3 Å². The number of amides is 1. The molecular formula is C19H21F3N4O4S. The highest BCUT2D eigenvalue weighted by atomic mass is 32.2. The van der Waals surface area contributed by atoms with Crippen LogP contribution in [-0.4, -0.2) is 59.5 Å². The van der Waals surface area contributed by atoms with E-state index in [0.29, 0.717) is 18.7 Å². The Kier molecular flexibility index (Phi) is 6.80. The van der Waals surface area contributed by atoms with E-state index in [1.807, 2.05) is 6.92 Å². The maximum atomic E-state index is 14.0. The molecule has 12 heteroatoms. The quantitative estimate of drug-likeness (QED) is 0.614. The van der Waals surface area contributed by atoms with Crippen molar-refractivity contribution < 1.29 is 26.4 Å². The molecule has 2 heterocycles. The summed E-state index contributed by atoms with van der Waals surface area (Å²) in [5.41, 5.74) is -0.270. The third-order valence-corrected chi connectivity index (χ3v) is 6.87. The van der Waals surface area contributed by atoms with E-state index >= 15 is 0 Å². The number of aromatic nitrogens is 2. The van der Waals surface area contributed by atoms with Gasteiger partial charge in [-0.2, -0.15) is 9.40 Å². The predicted molar refractivity (Wildman–Crippen MR) is 104 cm³/mol. The number of rotatable bonds is 6. The highest BCUT2D eigenvalue weighted by Crippen LogP contribution is 2.24. The standard InChI is InChI=1S/C19H21F3N4O4S/c1-2-3-8-26-16(27)7-5-14(23-26)19(28)24-9-11-25(12-10-24)31(29,30)15-6-4-13(20)17(21)18(15)22/h4-7H,2-3,8-12H2,1H3. The van der Waals surface area contributed by atoms with Gasteiger partial charge in [-0.15, -0.1) is 0 Å². The molecule has 168 valence electrons. The van der Waals surface area contributed by atoms with Crippen molar-refractivity contribution in [3.05, 3.63) is 57.8 Å². The van der Waals surface area contributed by atoms with Crippen molar-refractivity contribution in [2.45, 2.75) is 31.2 Å². The SMILES string of the molecule is CCCCn1nc(C(=O)N2CCN(S(=O)(=O)c3ccc(F)c(F)c3F)CC2)ccc1=O. The van der Waals surface area contributed by atoms with E-state index in [4.69, 9.17) is 0 Å². The van der Waals surface area contributed by atoms with Gasteiger partial charge in [0.2, 0.25) is 10.0 Å². The van der Waals surface area contributed by atoms with Crippen molar-refractivity contribution in [2.75, 3.05) is 26.2 Å². The van der Waals surface area contributed by atoms with Crippen LogP contribution < -0.4 is 5.56 Å². The van der Waals surface area contributed by atoms with E-state index in [1.54, 1.807) is 0 Å². The Morgan fingerprint density at radius 2 is 1.71 bits per heavy atom. The highest BCUT2D eigenvalue weighted by molar-refractivity contribution is 7.89. The van der Waals surface area contributed by atoms with Crippen molar-refractivity contribution >= 4 is 15.9 Å². The van der Waals surface area contributed by atoms with Gasteiger partial charge in [0, 0.05) is 38.8 Å². The molecule has 1 aromatic heterocycles. The van der Waals surface area contributed by atoms with E-state index in [-0.39, 0.29) is 37.4 Å². The number of carbonyl (C=O) groups excluding carboxylic acids is 1. The number of benzene rings is 1. The van der Waals surface area contributed by atoms with Gasteiger partial charge in [0.1, 0.15) is 10.6 Å². The molecule has 1 fully saturated rings. The van der Waals surface area contributed by atoms with Crippen molar-refractivity contribution in [3.63, 3.8) is 0 Å². The van der Waals surface area contributed by atoms with Gasteiger partial charge in [0.25, 0.3) is 11.5 Å². The van der Waals surface area contributed by atoms with Crippen molar-refractivity contribution in [2.24, 2.45) is 0 Å². The number of hydrogen-bond donors (Lipinski definition) is 0. The average molecular weight is 458 g/mol. The molecule has 0 radical (unpaired) electrons. The normalized spacial score (nSPS) is 15.3. The number of piperazine rings is 1. The lowest BCUT2D eigenvalue weighted by atomic mass is 10.3. The second-order valence-electron chi connectivity index (χ2n) is 7.00. The van der Waals surface area contributed by atoms with Crippen molar-refractivity contribution in [1.82, 2.24) is 19.0 Å². The first kappa shape index (κ1) is 22.9. The van der Waals surface area contributed by atoms with Crippen molar-refractivity contribution in [1.29, 1.82) is 0 Å². The minimum atomic E-state index is -4.42. The summed E-state index contributed by atoms with van der Waals surface area (Å²) in [5.74, 6) is -5.60.